The number of rotatable bonds is 6. The molecule has 7 nitrogen and oxygen atoms in total. The molecular formula is C29H30F5N5O2. The number of alkyl halides is 3. The predicted octanol–water partition coefficient (Wildman–Crippen LogP) is 6.99. The zero-order valence-electron chi connectivity index (χ0n) is 22.9. The van der Waals surface area contributed by atoms with Crippen LogP contribution in [0.5, 0.6) is 11.5 Å². The first kappa shape index (κ1) is 28.6. The number of hydrogen-bond donors (Lipinski definition) is 1. The van der Waals surface area contributed by atoms with Crippen molar-refractivity contribution in [2.75, 3.05) is 37.0 Å². The van der Waals surface area contributed by atoms with Crippen LogP contribution in [0.15, 0.2) is 48.8 Å². The molecular weight excluding hydrogens is 545 g/mol. The lowest BCUT2D eigenvalue weighted by molar-refractivity contribution is -0.274. The average Bonchev–Trinajstić information content (AvgIpc) is 2.89. The van der Waals surface area contributed by atoms with Gasteiger partial charge in [0, 0.05) is 23.0 Å². The Hall–Kier alpha value is -3.93. The number of aromatic nitrogens is 2. The van der Waals surface area contributed by atoms with E-state index in [0.29, 0.717) is 22.6 Å². The van der Waals surface area contributed by atoms with Crippen LogP contribution in [0.4, 0.5) is 39.3 Å². The van der Waals surface area contributed by atoms with Gasteiger partial charge in [0.2, 0.25) is 5.95 Å². The maximum atomic E-state index is 15.2. The van der Waals surface area contributed by atoms with Gasteiger partial charge in [-0.3, -0.25) is 0 Å². The smallest absolute Gasteiger partial charge is 0.482 e. The van der Waals surface area contributed by atoms with E-state index in [4.69, 9.17) is 4.74 Å². The van der Waals surface area contributed by atoms with Crippen LogP contribution in [-0.4, -0.2) is 54.0 Å². The summed E-state index contributed by atoms with van der Waals surface area (Å²) in [6, 6.07) is 7.02. The van der Waals surface area contributed by atoms with Crippen molar-refractivity contribution in [3.63, 3.8) is 0 Å². The second-order valence-electron chi connectivity index (χ2n) is 10.5. The lowest BCUT2D eigenvalue weighted by Gasteiger charge is -2.36. The van der Waals surface area contributed by atoms with Gasteiger partial charge in [-0.25, -0.2) is 18.7 Å². The number of benzene rings is 2. The lowest BCUT2D eigenvalue weighted by atomic mass is 9.89. The van der Waals surface area contributed by atoms with Crippen LogP contribution in [-0.2, 0) is 0 Å². The van der Waals surface area contributed by atoms with Gasteiger partial charge >= 0.3 is 6.36 Å². The van der Waals surface area contributed by atoms with Gasteiger partial charge in [-0.15, -0.1) is 13.2 Å². The van der Waals surface area contributed by atoms with Crippen molar-refractivity contribution in [2.24, 2.45) is 0 Å². The molecule has 3 aromatic rings. The van der Waals surface area contributed by atoms with E-state index in [1.165, 1.54) is 12.1 Å². The van der Waals surface area contributed by atoms with Crippen molar-refractivity contribution < 1.29 is 31.4 Å². The first-order chi connectivity index (χ1) is 19.4. The summed E-state index contributed by atoms with van der Waals surface area (Å²) in [5, 5.41) is 2.84. The van der Waals surface area contributed by atoms with E-state index in [-0.39, 0.29) is 41.5 Å². The summed E-state index contributed by atoms with van der Waals surface area (Å²) >= 11 is 0. The van der Waals surface area contributed by atoms with Gasteiger partial charge in [0.05, 0.1) is 11.9 Å². The molecule has 0 unspecified atom stereocenters. The molecule has 3 heterocycles. The van der Waals surface area contributed by atoms with Gasteiger partial charge in [0.15, 0.2) is 17.3 Å². The Morgan fingerprint density at radius 2 is 1.83 bits per heavy atom. The Balaban J connectivity index is 1.50. The molecule has 12 heteroatoms. The van der Waals surface area contributed by atoms with Crippen molar-refractivity contribution in [2.45, 2.75) is 45.0 Å². The molecule has 0 saturated carbocycles. The zero-order valence-corrected chi connectivity index (χ0v) is 22.9. The molecule has 41 heavy (non-hydrogen) atoms. The Bertz CT molecular complexity index is 1450. The molecule has 1 fully saturated rings. The maximum Gasteiger partial charge on any atom is 0.573 e. The molecule has 2 aliphatic heterocycles. The number of fused-ring (bicyclic) bond motifs is 1. The Labute approximate surface area is 234 Å². The number of nitrogens with one attached hydrogen (secondary N) is 1. The number of hydrogen-bond acceptors (Lipinski definition) is 7. The fourth-order valence-corrected chi connectivity index (χ4v) is 5.30. The minimum atomic E-state index is -5.05. The molecule has 0 aliphatic carbocycles. The van der Waals surface area contributed by atoms with E-state index in [9.17, 15) is 13.2 Å². The van der Waals surface area contributed by atoms with Crippen LogP contribution < -0.4 is 19.7 Å². The number of piperidine rings is 1. The number of ether oxygens (including phenoxy) is 2. The summed E-state index contributed by atoms with van der Waals surface area (Å²) in [5.41, 5.74) is 1.46. The van der Waals surface area contributed by atoms with Crippen LogP contribution in [0.25, 0.3) is 11.3 Å². The summed E-state index contributed by atoms with van der Waals surface area (Å²) in [7, 11) is 2.03. The third kappa shape index (κ3) is 6.22. The molecule has 0 spiro atoms. The van der Waals surface area contributed by atoms with Gasteiger partial charge in [0.25, 0.3) is 0 Å². The molecule has 0 radical (unpaired) electrons. The second kappa shape index (κ2) is 11.2. The van der Waals surface area contributed by atoms with Crippen molar-refractivity contribution in [3.05, 3.63) is 66.0 Å². The summed E-state index contributed by atoms with van der Waals surface area (Å²) in [6.45, 7) is 9.52. The van der Waals surface area contributed by atoms with Crippen LogP contribution in [0.1, 0.15) is 38.2 Å². The van der Waals surface area contributed by atoms with Gasteiger partial charge < -0.3 is 24.6 Å². The highest BCUT2D eigenvalue weighted by atomic mass is 19.4. The highest BCUT2D eigenvalue weighted by Crippen LogP contribution is 2.43. The molecule has 1 saturated heterocycles. The SMILES string of the molecule is C=C1COc2c(F)cc(-c3nc(Nc4ccc(C5CCN(C)CC5)c(F)c4)ncc3OC(F)(F)F)cc2N1C(C)C. The van der Waals surface area contributed by atoms with Crippen LogP contribution in [0, 0.1) is 11.6 Å². The van der Waals surface area contributed by atoms with Crippen LogP contribution in [0.2, 0.25) is 0 Å². The molecule has 0 amide bonds. The number of anilines is 3. The molecule has 1 N–H and O–H groups in total. The summed E-state index contributed by atoms with van der Waals surface area (Å²) in [4.78, 5) is 12.1. The minimum Gasteiger partial charge on any atom is -0.482 e. The Morgan fingerprint density at radius 3 is 2.49 bits per heavy atom. The molecule has 5 rings (SSSR count). The quantitative estimate of drug-likeness (QED) is 0.318. The molecule has 2 aliphatic rings. The van der Waals surface area contributed by atoms with E-state index >= 15 is 8.78 Å². The minimum absolute atomic E-state index is 0.00121. The van der Waals surface area contributed by atoms with Gasteiger partial charge in [-0.2, -0.15) is 0 Å². The van der Waals surface area contributed by atoms with Crippen LogP contribution >= 0.6 is 0 Å². The standard InChI is InChI=1S/C29H30F5N5O2/c1-16(2)39-17(3)15-40-27-23(31)11-19(12-24(27)39)26-25(41-29(32,33)34)14-35-28(37-26)36-20-5-6-21(22(30)13-20)18-7-9-38(4)10-8-18/h5-6,11-14,16,18H,3,7-10,15H2,1-2,4H3,(H,35,36,37). The molecule has 0 bridgehead atoms. The van der Waals surface area contributed by atoms with Crippen molar-refractivity contribution in [1.82, 2.24) is 14.9 Å². The third-order valence-corrected chi connectivity index (χ3v) is 7.19. The van der Waals surface area contributed by atoms with E-state index in [1.807, 2.05) is 20.9 Å². The zero-order chi connectivity index (χ0) is 29.5. The summed E-state index contributed by atoms with van der Waals surface area (Å²) in [5.74, 6) is -1.97. The van der Waals surface area contributed by atoms with E-state index in [2.05, 4.69) is 31.5 Å². The summed E-state index contributed by atoms with van der Waals surface area (Å²) in [6.07, 6.45) is -2.52. The monoisotopic (exact) mass is 575 g/mol. The van der Waals surface area contributed by atoms with E-state index in [1.54, 1.807) is 17.0 Å². The second-order valence-corrected chi connectivity index (χ2v) is 10.5. The highest BCUT2D eigenvalue weighted by Gasteiger charge is 2.34. The third-order valence-electron chi connectivity index (χ3n) is 7.19. The molecule has 1 aromatic heterocycles. The van der Waals surface area contributed by atoms with E-state index < -0.39 is 23.7 Å². The number of likely N-dealkylation sites (tertiary alicyclic amines) is 1. The first-order valence-corrected chi connectivity index (χ1v) is 13.2. The van der Waals surface area contributed by atoms with Crippen LogP contribution in [0.3, 0.4) is 0 Å². The van der Waals surface area contributed by atoms with Gasteiger partial charge in [-0.05, 0) is 82.6 Å². The highest BCUT2D eigenvalue weighted by molar-refractivity contribution is 5.77. The largest absolute Gasteiger partial charge is 0.573 e. The van der Waals surface area contributed by atoms with Crippen molar-refractivity contribution in [3.8, 4) is 22.8 Å². The fourth-order valence-electron chi connectivity index (χ4n) is 5.30. The maximum absolute atomic E-state index is 15.2. The van der Waals surface area contributed by atoms with E-state index in [0.717, 1.165) is 38.2 Å². The Morgan fingerprint density at radius 1 is 1.10 bits per heavy atom. The first-order valence-electron chi connectivity index (χ1n) is 13.2. The normalized spacial score (nSPS) is 16.5. The Kier molecular flexibility index (Phi) is 7.78. The van der Waals surface area contributed by atoms with Crippen molar-refractivity contribution in [1.29, 1.82) is 0 Å². The van der Waals surface area contributed by atoms with Gasteiger partial charge in [0.1, 0.15) is 18.1 Å². The lowest BCUT2D eigenvalue weighted by Crippen LogP contribution is -2.35. The fraction of sp³-hybridized carbons (Fsp3) is 0.379. The van der Waals surface area contributed by atoms with Gasteiger partial charge in [-0.1, -0.05) is 12.6 Å². The molecule has 218 valence electrons. The predicted molar refractivity (Wildman–Crippen MR) is 146 cm³/mol. The topological polar surface area (TPSA) is 62.8 Å². The summed E-state index contributed by atoms with van der Waals surface area (Å²) < 4.78 is 79.7. The number of nitrogens with zero attached hydrogens (tertiary/aromatic N) is 4. The average molecular weight is 576 g/mol. The van der Waals surface area contributed by atoms with Crippen molar-refractivity contribution >= 4 is 17.3 Å². The molecule has 2 aromatic carbocycles. The number of halogens is 5. The molecule has 0 atom stereocenters.